The lowest BCUT2D eigenvalue weighted by atomic mass is 9.96. The van der Waals surface area contributed by atoms with E-state index in [-0.39, 0.29) is 29.4 Å². The van der Waals surface area contributed by atoms with Gasteiger partial charge in [-0.3, -0.25) is 9.36 Å². The SMILES string of the molecule is CCOC(=O)C1=C(C)N=c2s/c(=C\c3cc(OC)c(O)c(OC)c3)c(=O)n2[C@H]1c1ccccc1. The molecule has 4 rings (SSSR count). The second-order valence-corrected chi connectivity index (χ2v) is 8.50. The van der Waals surface area contributed by atoms with Crippen molar-refractivity contribution >= 4 is 23.4 Å². The van der Waals surface area contributed by atoms with Crippen molar-refractivity contribution in [2.75, 3.05) is 20.8 Å². The number of aromatic hydroxyl groups is 1. The molecule has 2 heterocycles. The summed E-state index contributed by atoms with van der Waals surface area (Å²) in [6, 6.07) is 11.9. The van der Waals surface area contributed by atoms with Gasteiger partial charge in [-0.2, -0.15) is 0 Å². The zero-order valence-electron chi connectivity index (χ0n) is 19.2. The number of ether oxygens (including phenoxy) is 3. The van der Waals surface area contributed by atoms with Crippen LogP contribution in [0.4, 0.5) is 0 Å². The Bertz CT molecular complexity index is 1430. The Morgan fingerprint density at radius 3 is 2.41 bits per heavy atom. The molecule has 9 heteroatoms. The number of carbonyl (C=O) groups excluding carboxylic acids is 1. The number of rotatable bonds is 6. The van der Waals surface area contributed by atoms with E-state index in [1.165, 1.54) is 30.1 Å². The molecule has 1 aromatic heterocycles. The summed E-state index contributed by atoms with van der Waals surface area (Å²) >= 11 is 1.21. The highest BCUT2D eigenvalue weighted by atomic mass is 32.1. The summed E-state index contributed by atoms with van der Waals surface area (Å²) in [4.78, 5) is 31.5. The molecular weight excluding hydrogens is 456 g/mol. The van der Waals surface area contributed by atoms with Crippen LogP contribution in [-0.2, 0) is 9.53 Å². The molecule has 3 aromatic rings. The van der Waals surface area contributed by atoms with Crippen LogP contribution in [0.2, 0.25) is 0 Å². The Labute approximate surface area is 199 Å². The second-order valence-electron chi connectivity index (χ2n) is 7.49. The zero-order valence-corrected chi connectivity index (χ0v) is 20.0. The van der Waals surface area contributed by atoms with Crippen LogP contribution in [0, 0.1) is 0 Å². The Balaban J connectivity index is 1.95. The van der Waals surface area contributed by atoms with E-state index in [1.807, 2.05) is 30.3 Å². The largest absolute Gasteiger partial charge is 0.502 e. The van der Waals surface area contributed by atoms with Gasteiger partial charge in [0, 0.05) is 0 Å². The predicted octanol–water partition coefficient (Wildman–Crippen LogP) is 2.52. The normalized spacial score (nSPS) is 15.5. The van der Waals surface area contributed by atoms with Crippen molar-refractivity contribution in [2.45, 2.75) is 19.9 Å². The monoisotopic (exact) mass is 480 g/mol. The number of fused-ring (bicyclic) bond motifs is 1. The number of nitrogens with zero attached hydrogens (tertiary/aromatic N) is 2. The molecule has 1 aliphatic heterocycles. The highest BCUT2D eigenvalue weighted by Crippen LogP contribution is 2.37. The molecule has 176 valence electrons. The molecule has 0 aliphatic carbocycles. The molecule has 1 N–H and O–H groups in total. The summed E-state index contributed by atoms with van der Waals surface area (Å²) in [5, 5.41) is 10.2. The molecule has 0 unspecified atom stereocenters. The van der Waals surface area contributed by atoms with Gasteiger partial charge in [-0.25, -0.2) is 9.79 Å². The summed E-state index contributed by atoms with van der Waals surface area (Å²) in [5.74, 6) is -0.177. The topological polar surface area (TPSA) is 99.4 Å². The number of thiazole rings is 1. The maximum Gasteiger partial charge on any atom is 0.338 e. The van der Waals surface area contributed by atoms with Crippen LogP contribution in [-0.4, -0.2) is 36.5 Å². The van der Waals surface area contributed by atoms with Gasteiger partial charge in [0.1, 0.15) is 0 Å². The van der Waals surface area contributed by atoms with Gasteiger partial charge in [0.05, 0.1) is 42.7 Å². The Morgan fingerprint density at radius 1 is 1.18 bits per heavy atom. The summed E-state index contributed by atoms with van der Waals surface area (Å²) in [7, 11) is 2.87. The number of methoxy groups -OCH3 is 2. The fourth-order valence-electron chi connectivity index (χ4n) is 3.89. The van der Waals surface area contributed by atoms with Crippen LogP contribution in [0.5, 0.6) is 17.2 Å². The second kappa shape index (κ2) is 9.56. The van der Waals surface area contributed by atoms with Crippen molar-refractivity contribution in [2.24, 2.45) is 4.99 Å². The van der Waals surface area contributed by atoms with E-state index in [1.54, 1.807) is 32.1 Å². The van der Waals surface area contributed by atoms with Crippen LogP contribution >= 0.6 is 11.3 Å². The highest BCUT2D eigenvalue weighted by molar-refractivity contribution is 7.07. The molecule has 8 nitrogen and oxygen atoms in total. The van der Waals surface area contributed by atoms with Gasteiger partial charge >= 0.3 is 5.97 Å². The molecular formula is C25H24N2O6S. The third kappa shape index (κ3) is 4.10. The molecule has 0 saturated carbocycles. The van der Waals surface area contributed by atoms with E-state index in [4.69, 9.17) is 14.2 Å². The minimum Gasteiger partial charge on any atom is -0.502 e. The lowest BCUT2D eigenvalue weighted by molar-refractivity contribution is -0.139. The number of aromatic nitrogens is 1. The number of esters is 1. The highest BCUT2D eigenvalue weighted by Gasteiger charge is 2.33. The van der Waals surface area contributed by atoms with Gasteiger partial charge in [0.2, 0.25) is 5.75 Å². The van der Waals surface area contributed by atoms with Gasteiger partial charge in [0.25, 0.3) is 5.56 Å². The number of phenols is 1. The predicted molar refractivity (Wildman–Crippen MR) is 128 cm³/mol. The van der Waals surface area contributed by atoms with Crippen LogP contribution in [0.25, 0.3) is 6.08 Å². The van der Waals surface area contributed by atoms with E-state index < -0.39 is 12.0 Å². The minimum atomic E-state index is -0.664. The molecule has 34 heavy (non-hydrogen) atoms. The van der Waals surface area contributed by atoms with Crippen molar-refractivity contribution in [1.29, 1.82) is 0 Å². The molecule has 0 spiro atoms. The summed E-state index contributed by atoms with van der Waals surface area (Å²) < 4.78 is 17.7. The van der Waals surface area contributed by atoms with Gasteiger partial charge in [0.15, 0.2) is 16.3 Å². The molecule has 1 aliphatic rings. The van der Waals surface area contributed by atoms with Gasteiger partial charge in [-0.15, -0.1) is 0 Å². The molecule has 2 aromatic carbocycles. The number of benzene rings is 2. The molecule has 0 amide bonds. The first-order valence-corrected chi connectivity index (χ1v) is 11.4. The fourth-order valence-corrected chi connectivity index (χ4v) is 4.94. The lowest BCUT2D eigenvalue weighted by Crippen LogP contribution is -2.39. The first-order valence-electron chi connectivity index (χ1n) is 10.6. The van der Waals surface area contributed by atoms with E-state index in [9.17, 15) is 14.7 Å². The van der Waals surface area contributed by atoms with E-state index >= 15 is 0 Å². The van der Waals surface area contributed by atoms with Crippen LogP contribution < -0.4 is 24.4 Å². The number of allylic oxidation sites excluding steroid dienone is 1. The first-order chi connectivity index (χ1) is 16.4. The van der Waals surface area contributed by atoms with Gasteiger partial charge in [-0.1, -0.05) is 41.7 Å². The average molecular weight is 481 g/mol. The number of hydrogen-bond donors (Lipinski definition) is 1. The van der Waals surface area contributed by atoms with E-state index in [0.717, 1.165) is 5.56 Å². The van der Waals surface area contributed by atoms with Gasteiger partial charge < -0.3 is 19.3 Å². The van der Waals surface area contributed by atoms with Crippen molar-refractivity contribution in [3.63, 3.8) is 0 Å². The van der Waals surface area contributed by atoms with Crippen molar-refractivity contribution in [3.05, 3.63) is 84.5 Å². The Hall–Kier alpha value is -3.85. The summed E-state index contributed by atoms with van der Waals surface area (Å²) in [6.07, 6.45) is 1.68. The number of phenolic OH excluding ortho intramolecular Hbond substituents is 1. The van der Waals surface area contributed by atoms with E-state index in [2.05, 4.69) is 4.99 Å². The van der Waals surface area contributed by atoms with Crippen molar-refractivity contribution in [1.82, 2.24) is 4.57 Å². The number of hydrogen-bond acceptors (Lipinski definition) is 8. The van der Waals surface area contributed by atoms with Crippen LogP contribution in [0.3, 0.4) is 0 Å². The summed E-state index contributed by atoms with van der Waals surface area (Å²) in [6.45, 7) is 3.70. The molecule has 0 radical (unpaired) electrons. The molecule has 0 fully saturated rings. The number of carbonyl (C=O) groups is 1. The molecule has 0 saturated heterocycles. The zero-order chi connectivity index (χ0) is 24.4. The summed E-state index contributed by atoms with van der Waals surface area (Å²) in [5.41, 5.74) is 1.93. The minimum absolute atomic E-state index is 0.123. The van der Waals surface area contributed by atoms with Crippen LogP contribution in [0.15, 0.2) is 63.5 Å². The molecule has 1 atom stereocenters. The van der Waals surface area contributed by atoms with E-state index in [0.29, 0.717) is 26.2 Å². The Kier molecular flexibility index (Phi) is 6.56. The standard InChI is InChI=1S/C25H24N2O6S/c1-5-33-24(30)20-14(2)26-25-27(21(20)16-9-7-6-8-10-16)23(29)19(34-25)13-15-11-17(31-3)22(28)18(12-15)32-4/h6-13,21,28H,5H2,1-4H3/b19-13-/t21-/m0/s1. The quantitative estimate of drug-likeness (QED) is 0.545. The average Bonchev–Trinajstić information content (AvgIpc) is 3.14. The van der Waals surface area contributed by atoms with Crippen molar-refractivity contribution < 1.29 is 24.1 Å². The first kappa shape index (κ1) is 23.3. The maximum atomic E-state index is 13.6. The van der Waals surface area contributed by atoms with Gasteiger partial charge in [-0.05, 0) is 43.2 Å². The third-order valence-corrected chi connectivity index (χ3v) is 6.42. The maximum absolute atomic E-state index is 13.6. The third-order valence-electron chi connectivity index (χ3n) is 5.43. The van der Waals surface area contributed by atoms with Crippen LogP contribution in [0.1, 0.15) is 31.0 Å². The fraction of sp³-hybridized carbons (Fsp3) is 0.240. The smallest absolute Gasteiger partial charge is 0.338 e. The molecule has 0 bridgehead atoms. The van der Waals surface area contributed by atoms with Crippen molar-refractivity contribution in [3.8, 4) is 17.2 Å². The Morgan fingerprint density at radius 2 is 1.82 bits per heavy atom. The lowest BCUT2D eigenvalue weighted by Gasteiger charge is -2.24.